The van der Waals surface area contributed by atoms with Crippen LogP contribution in [0, 0.1) is 10.8 Å². The maximum absolute atomic E-state index is 12.7. The summed E-state index contributed by atoms with van der Waals surface area (Å²) in [6.45, 7) is 56.0. The molecule has 0 bridgehead atoms. The molecule has 21 nitrogen and oxygen atoms in total. The van der Waals surface area contributed by atoms with Crippen molar-refractivity contribution in [3.63, 3.8) is 0 Å². The van der Waals surface area contributed by atoms with E-state index in [1.807, 2.05) is 123 Å². The van der Waals surface area contributed by atoms with Crippen LogP contribution in [0.1, 0.15) is 167 Å². The van der Waals surface area contributed by atoms with Crippen molar-refractivity contribution in [3.8, 4) is 33.6 Å². The van der Waals surface area contributed by atoms with E-state index in [0.29, 0.717) is 79.0 Å². The number of aliphatic hydroxyl groups is 2. The molecule has 2 aliphatic rings. The second-order valence-corrected chi connectivity index (χ2v) is 74.6. The van der Waals surface area contributed by atoms with Crippen molar-refractivity contribution in [2.75, 3.05) is 83.0 Å². The minimum Gasteiger partial charge on any atom is -0.395 e. The molecule has 2 fully saturated rings. The second-order valence-electron chi connectivity index (χ2n) is 38.2. The van der Waals surface area contributed by atoms with E-state index in [-0.39, 0.29) is 36.6 Å². The predicted octanol–water partition coefficient (Wildman–Crippen LogP) is 22.2. The van der Waals surface area contributed by atoms with Crippen LogP contribution in [0.15, 0.2) is 119 Å². The largest absolute Gasteiger partial charge is 0.395 e. The molecule has 0 spiro atoms. The number of carbonyl (C=O) groups is 2. The zero-order valence-corrected chi connectivity index (χ0v) is 83.9. The van der Waals surface area contributed by atoms with Gasteiger partial charge in [-0.05, 0) is 142 Å². The van der Waals surface area contributed by atoms with Crippen LogP contribution in [0.4, 0.5) is 11.6 Å². The van der Waals surface area contributed by atoms with E-state index in [0.717, 1.165) is 140 Å². The molecule has 2 saturated carbocycles. The summed E-state index contributed by atoms with van der Waals surface area (Å²) in [6, 6.07) is 24.3. The Kier molecular flexibility index (Phi) is 37.3. The Labute approximate surface area is 723 Å². The monoisotopic (exact) mass is 1860 g/mol. The van der Waals surface area contributed by atoms with E-state index >= 15 is 0 Å². The Morgan fingerprint density at radius 2 is 0.864 bits per heavy atom. The van der Waals surface area contributed by atoms with Crippen molar-refractivity contribution in [2.45, 2.75) is 266 Å². The average molecular weight is 1860 g/mol. The average Bonchev–Trinajstić information content (AvgIpc) is 1.53. The number of hydrogen-bond donors (Lipinski definition) is 2. The van der Waals surface area contributed by atoms with Gasteiger partial charge in [0.2, 0.25) is 0 Å². The molecule has 8 aromatic rings. The number of aromatic nitrogens is 10. The molecule has 6 aromatic heterocycles. The molecule has 0 atom stereocenters. The predicted molar refractivity (Wildman–Crippen MR) is 503 cm³/mol. The maximum atomic E-state index is 12.7. The number of aliphatic hydroxyl groups excluding tert-OH is 2. The molecule has 0 amide bonds. The molecule has 118 heavy (non-hydrogen) atoms. The summed E-state index contributed by atoms with van der Waals surface area (Å²) >= 11 is 1.76. The van der Waals surface area contributed by atoms with Gasteiger partial charge in [-0.1, -0.05) is 122 Å². The van der Waals surface area contributed by atoms with Crippen molar-refractivity contribution in [3.05, 3.63) is 136 Å². The van der Waals surface area contributed by atoms with E-state index in [1.165, 1.54) is 55.6 Å². The number of unbranched alkanes of at least 4 members (excludes halogenated alkanes) is 3. The molecule has 2 N–H and O–H groups in total. The Morgan fingerprint density at radius 1 is 0.517 bits per heavy atom. The third-order valence-electron chi connectivity index (χ3n) is 23.8. The standard InChI is InChI=1S/C39H58N6O4Si2.C36H53BrN6O4Si2.C4H7O.3C4H9.Sn/c1-29(2)35-36(31-15-17-39(26-46,18-16-31)30(3)47)42-37-34(32-23-40-44(25-32)33-13-11-10-12-14-33)24-41-45(37)38(35)43(27-48-19-21-50(4,5)6)28-49-20-22-51(7,8)9;1-27(45)36(24-44)15-13-28(14-16-36)33-32(37)35(41(25-46-17-19-48(2,3)4)26-47-18-20-49(5,6)7)43-34(40-33)31(22-39-43)29-21-38-42(23-29)30-11-9-8-10-12-30;1-3-5-4-2;3*1-3-4-2;/h10-14,23-25,31,46H,1,15-22,26-28H2,2-9H3;8-12,21-23,28,44H,13-20,24-26H2,1-7H3;1,4H2,2H3;3*1,3-4H2,2H3;. The van der Waals surface area contributed by atoms with Gasteiger partial charge in [0.05, 0.1) is 76.1 Å². The van der Waals surface area contributed by atoms with Gasteiger partial charge in [-0.3, -0.25) is 9.59 Å². The minimum absolute atomic E-state index is 0.0540. The van der Waals surface area contributed by atoms with Gasteiger partial charge in [0, 0.05) is 111 Å². The number of carbonyl (C=O) groups excluding carboxylic acids is 2. The Hall–Kier alpha value is -5.77. The molecule has 2 aromatic carbocycles. The first-order valence-corrected chi connectivity index (χ1v) is 66.8. The molecule has 2 aliphatic carbocycles. The number of ether oxygens (including phenoxy) is 5. The van der Waals surface area contributed by atoms with E-state index in [2.05, 4.69) is 155 Å². The van der Waals surface area contributed by atoms with E-state index in [1.54, 1.807) is 13.8 Å². The summed E-state index contributed by atoms with van der Waals surface area (Å²) in [5, 5.41) is 39.7. The summed E-state index contributed by atoms with van der Waals surface area (Å²) in [4.78, 5) is 40.3. The van der Waals surface area contributed by atoms with Crippen LogP contribution >= 0.6 is 15.9 Å². The van der Waals surface area contributed by atoms with Gasteiger partial charge in [0.1, 0.15) is 44.3 Å². The molecule has 0 unspecified atom stereocenters. The van der Waals surface area contributed by atoms with E-state index in [9.17, 15) is 19.8 Å². The van der Waals surface area contributed by atoms with E-state index in [4.69, 9.17) is 43.8 Å². The minimum atomic E-state index is -2.24. The summed E-state index contributed by atoms with van der Waals surface area (Å²) < 4.78 is 45.5. The van der Waals surface area contributed by atoms with Gasteiger partial charge in [0.25, 0.3) is 0 Å². The number of halogens is 1. The first-order chi connectivity index (χ1) is 56.0. The zero-order chi connectivity index (χ0) is 86.2. The number of Topliss-reactive ketones (excluding diaryl/α,β-unsaturated/α-hetero) is 2. The molecule has 650 valence electrons. The second kappa shape index (κ2) is 45.0. The number of para-hydroxylation sites is 2. The molecular formula is C91H145BrN12O9Si4Sn. The molecule has 27 heteroatoms. The third-order valence-corrected chi connectivity index (χ3v) is 46.4. The molecule has 10 rings (SSSR count). The Balaban J connectivity index is 0.000000244. The van der Waals surface area contributed by atoms with Gasteiger partial charge in [-0.2, -0.15) is 29.4 Å². The summed E-state index contributed by atoms with van der Waals surface area (Å²) in [7, 11) is -5.18. The summed E-state index contributed by atoms with van der Waals surface area (Å²) in [5.74, 6) is 1.94. The fourth-order valence-corrected chi connectivity index (χ4v) is 34.1. The molecule has 0 radical (unpaired) electrons. The molecule has 0 saturated heterocycles. The molecule has 6 heterocycles. The van der Waals surface area contributed by atoms with Gasteiger partial charge >= 0.3 is 120 Å². The third kappa shape index (κ3) is 27.1. The topological polar surface area (TPSA) is 223 Å². The maximum Gasteiger partial charge on any atom is 0.165 e. The number of hydrogen-bond acceptors (Lipinski definition) is 17. The molecule has 0 aliphatic heterocycles. The fraction of sp³-hybridized carbons (Fsp3) is 0.604. The van der Waals surface area contributed by atoms with Crippen LogP contribution in [-0.2, 0) is 33.3 Å². The molecular weight excluding hydrogens is 1720 g/mol. The first kappa shape index (κ1) is 97.7. The number of fused-ring (bicyclic) bond motifs is 2. The Bertz CT molecular complexity index is 4410. The summed E-state index contributed by atoms with van der Waals surface area (Å²) in [6.07, 6.45) is 25.0. The quantitative estimate of drug-likeness (QED) is 0.0157. The number of nitrogens with zero attached hydrogens (tertiary/aromatic N) is 12. The van der Waals surface area contributed by atoms with Crippen LogP contribution in [0.3, 0.4) is 0 Å². The van der Waals surface area contributed by atoms with Crippen molar-refractivity contribution in [1.29, 1.82) is 0 Å². The summed E-state index contributed by atoms with van der Waals surface area (Å²) in [5.41, 5.74) is 9.25. The van der Waals surface area contributed by atoms with Crippen LogP contribution < -0.4 is 9.80 Å². The van der Waals surface area contributed by atoms with Crippen LogP contribution in [0.2, 0.25) is 116 Å². The number of allylic oxidation sites excluding steroid dienone is 1. The van der Waals surface area contributed by atoms with E-state index < -0.39 is 61.5 Å². The van der Waals surface area contributed by atoms with Crippen molar-refractivity contribution >= 4 is 107 Å². The van der Waals surface area contributed by atoms with Crippen molar-refractivity contribution < 1.29 is 43.5 Å². The number of benzene rings is 2. The fourth-order valence-electron chi connectivity index (χ4n) is 15.6. The SMILES string of the molecule is C=C(C)c1c(C2CCC(CO)(C(C)=O)CC2)nc2c(-c3cnn(-c4ccccc4)c3)cnn2c1N(COCC[Si](C)(C)C)COCC[Si](C)(C)C.C=[C](OCC)[Sn]([CH2]CCC)([CH2]CCC)[CH2]CCC.CC(=O)C1(CO)CCC(c2nc3c(-c4cnn(-c5ccccc5)c4)cnn3c(N(COCC[Si](C)(C)C)COCC[Si](C)(C)C)c2Br)CC1. The number of anilines is 2. The van der Waals surface area contributed by atoms with Crippen LogP contribution in [-0.4, -0.2) is 194 Å². The van der Waals surface area contributed by atoms with Crippen LogP contribution in [0.5, 0.6) is 0 Å². The Morgan fingerprint density at radius 3 is 1.19 bits per heavy atom. The van der Waals surface area contributed by atoms with Gasteiger partial charge in [-0.15, -0.1) is 0 Å². The first-order valence-electron chi connectivity index (χ1n) is 43.7. The smallest absolute Gasteiger partial charge is 0.165 e. The number of rotatable bonds is 45. The van der Waals surface area contributed by atoms with Crippen molar-refractivity contribution in [2.24, 2.45) is 10.8 Å². The van der Waals surface area contributed by atoms with Crippen molar-refractivity contribution in [1.82, 2.24) is 48.8 Å². The van der Waals surface area contributed by atoms with Gasteiger partial charge in [0.15, 0.2) is 17.1 Å². The number of ketones is 2. The zero-order valence-electron chi connectivity index (χ0n) is 75.4. The van der Waals surface area contributed by atoms with Gasteiger partial charge in [-0.25, -0.2) is 19.3 Å². The van der Waals surface area contributed by atoms with Crippen LogP contribution in [0.25, 0.3) is 50.5 Å². The van der Waals surface area contributed by atoms with Gasteiger partial charge < -0.3 is 39.0 Å². The normalized spacial score (nSPS) is 17.4.